The predicted octanol–water partition coefficient (Wildman–Crippen LogP) is 1.75. The molecule has 2 amide bonds. The fourth-order valence-corrected chi connectivity index (χ4v) is 3.01. The highest BCUT2D eigenvalue weighted by Crippen LogP contribution is 2.30. The second-order valence-electron chi connectivity index (χ2n) is 5.88. The molecule has 1 heterocycles. The van der Waals surface area contributed by atoms with Gasteiger partial charge in [0.15, 0.2) is 0 Å². The van der Waals surface area contributed by atoms with E-state index in [2.05, 4.69) is 0 Å². The molecule has 1 fully saturated rings. The number of hydrogen-bond acceptors (Lipinski definition) is 4. The monoisotopic (exact) mass is 348 g/mol. The van der Waals surface area contributed by atoms with Crippen molar-refractivity contribution < 1.29 is 9.59 Å². The molecule has 1 aromatic rings. The lowest BCUT2D eigenvalue weighted by molar-refractivity contribution is -0.132. The summed E-state index contributed by atoms with van der Waals surface area (Å²) < 4.78 is 0. The number of likely N-dealkylation sites (N-methyl/N-ethyl adjacent to an activating group) is 2. The van der Waals surface area contributed by atoms with Crippen LogP contribution in [0, 0.1) is 11.3 Å². The summed E-state index contributed by atoms with van der Waals surface area (Å²) in [7, 11) is 3.44. The van der Waals surface area contributed by atoms with Gasteiger partial charge in [-0.2, -0.15) is 5.26 Å². The second kappa shape index (κ2) is 8.13. The molecular formula is C17H21ClN4O2. The smallest absolute Gasteiger partial charge is 0.244 e. The van der Waals surface area contributed by atoms with E-state index in [9.17, 15) is 9.59 Å². The molecule has 1 aliphatic heterocycles. The number of carbonyl (C=O) groups excluding carboxylic acids is 2. The predicted molar refractivity (Wildman–Crippen MR) is 92.7 cm³/mol. The van der Waals surface area contributed by atoms with Crippen molar-refractivity contribution in [3.05, 3.63) is 29.3 Å². The van der Waals surface area contributed by atoms with Crippen molar-refractivity contribution in [2.75, 3.05) is 38.6 Å². The molecule has 7 heteroatoms. The van der Waals surface area contributed by atoms with Gasteiger partial charge in [-0.15, -0.1) is 0 Å². The minimum absolute atomic E-state index is 0.0434. The fourth-order valence-electron chi connectivity index (χ4n) is 2.77. The summed E-state index contributed by atoms with van der Waals surface area (Å²) in [5.41, 5.74) is 0.706. The molecule has 1 aromatic carbocycles. The summed E-state index contributed by atoms with van der Waals surface area (Å²) >= 11 is 6.18. The highest BCUT2D eigenvalue weighted by atomic mass is 35.5. The molecule has 0 saturated carbocycles. The van der Waals surface area contributed by atoms with Gasteiger partial charge in [-0.1, -0.05) is 23.7 Å². The third-order valence-corrected chi connectivity index (χ3v) is 4.54. The molecular weight excluding hydrogens is 328 g/mol. The number of nitrogens with zero attached hydrogens (tertiary/aromatic N) is 4. The summed E-state index contributed by atoms with van der Waals surface area (Å²) in [6, 6.07) is 8.93. The van der Waals surface area contributed by atoms with Gasteiger partial charge < -0.3 is 9.80 Å². The Kier molecular flexibility index (Phi) is 6.18. The van der Waals surface area contributed by atoms with Crippen LogP contribution in [-0.4, -0.2) is 61.4 Å². The van der Waals surface area contributed by atoms with Crippen molar-refractivity contribution in [2.24, 2.45) is 0 Å². The normalized spacial score (nSPS) is 17.2. The van der Waals surface area contributed by atoms with Crippen LogP contribution in [0.25, 0.3) is 0 Å². The first-order chi connectivity index (χ1) is 11.5. The summed E-state index contributed by atoms with van der Waals surface area (Å²) in [6.45, 7) is 1.12. The second-order valence-corrected chi connectivity index (χ2v) is 6.29. The lowest BCUT2D eigenvalue weighted by Crippen LogP contribution is -2.45. The molecule has 0 spiro atoms. The number of rotatable bonds is 6. The Bertz CT molecular complexity index is 658. The molecule has 128 valence electrons. The van der Waals surface area contributed by atoms with E-state index in [4.69, 9.17) is 16.9 Å². The van der Waals surface area contributed by atoms with Gasteiger partial charge in [-0.3, -0.25) is 14.5 Å². The van der Waals surface area contributed by atoms with E-state index in [1.165, 1.54) is 4.90 Å². The third kappa shape index (κ3) is 4.05. The molecule has 24 heavy (non-hydrogen) atoms. The SMILES string of the molecule is CN(CCC#N)C(=O)CN(C)C1CCN(c2ccccc2Cl)C1=O. The van der Waals surface area contributed by atoms with Crippen LogP contribution in [0.3, 0.4) is 0 Å². The first kappa shape index (κ1) is 18.2. The number of benzene rings is 1. The van der Waals surface area contributed by atoms with Gasteiger partial charge in [0.1, 0.15) is 0 Å². The van der Waals surface area contributed by atoms with E-state index in [0.29, 0.717) is 36.6 Å². The zero-order valence-electron chi connectivity index (χ0n) is 13.9. The van der Waals surface area contributed by atoms with Crippen LogP contribution < -0.4 is 4.90 Å². The average molecular weight is 349 g/mol. The highest BCUT2D eigenvalue weighted by molar-refractivity contribution is 6.33. The quantitative estimate of drug-likeness (QED) is 0.785. The molecule has 2 rings (SSSR count). The van der Waals surface area contributed by atoms with E-state index >= 15 is 0 Å². The van der Waals surface area contributed by atoms with E-state index in [1.54, 1.807) is 30.0 Å². The first-order valence-corrected chi connectivity index (χ1v) is 8.20. The highest BCUT2D eigenvalue weighted by Gasteiger charge is 2.36. The third-order valence-electron chi connectivity index (χ3n) is 4.22. The van der Waals surface area contributed by atoms with Gasteiger partial charge in [0.05, 0.1) is 35.8 Å². The Morgan fingerprint density at radius 1 is 1.42 bits per heavy atom. The van der Waals surface area contributed by atoms with E-state index in [-0.39, 0.29) is 24.4 Å². The number of halogens is 1. The van der Waals surface area contributed by atoms with Crippen LogP contribution in [0.4, 0.5) is 5.69 Å². The minimum Gasteiger partial charge on any atom is -0.344 e. The van der Waals surface area contributed by atoms with Crippen molar-refractivity contribution in [1.82, 2.24) is 9.80 Å². The van der Waals surface area contributed by atoms with E-state index < -0.39 is 0 Å². The lowest BCUT2D eigenvalue weighted by atomic mass is 10.2. The van der Waals surface area contributed by atoms with Crippen LogP contribution in [0.15, 0.2) is 24.3 Å². The average Bonchev–Trinajstić information content (AvgIpc) is 2.94. The topological polar surface area (TPSA) is 67.7 Å². The van der Waals surface area contributed by atoms with Crippen LogP contribution in [0.5, 0.6) is 0 Å². The summed E-state index contributed by atoms with van der Waals surface area (Å²) in [4.78, 5) is 29.8. The Labute approximate surface area is 147 Å². The molecule has 0 N–H and O–H groups in total. The van der Waals surface area contributed by atoms with Crippen LogP contribution >= 0.6 is 11.6 Å². The maximum Gasteiger partial charge on any atom is 0.244 e. The van der Waals surface area contributed by atoms with Gasteiger partial charge in [0.25, 0.3) is 0 Å². The molecule has 1 atom stereocenters. The summed E-state index contributed by atoms with van der Waals surface area (Å²) in [6.07, 6.45) is 0.949. The van der Waals surface area contributed by atoms with Crippen molar-refractivity contribution in [3.8, 4) is 6.07 Å². The number of carbonyl (C=O) groups is 2. The molecule has 1 unspecified atom stereocenters. The van der Waals surface area contributed by atoms with Gasteiger partial charge in [-0.05, 0) is 25.6 Å². The zero-order valence-corrected chi connectivity index (χ0v) is 14.7. The molecule has 0 aromatic heterocycles. The number of nitriles is 1. The minimum atomic E-state index is -0.338. The Hall–Kier alpha value is -2.10. The van der Waals surface area contributed by atoms with Gasteiger partial charge >= 0.3 is 0 Å². The van der Waals surface area contributed by atoms with Crippen LogP contribution in [0.1, 0.15) is 12.8 Å². The standard InChI is InChI=1S/C17H21ClN4O2/c1-20(10-5-9-19)16(23)12-21(2)15-8-11-22(17(15)24)14-7-4-3-6-13(14)18/h3-4,6-7,15H,5,8,10-12H2,1-2H3. The number of amides is 2. The van der Waals surface area contributed by atoms with Crippen molar-refractivity contribution >= 4 is 29.1 Å². The van der Waals surface area contributed by atoms with Gasteiger partial charge in [0, 0.05) is 20.1 Å². The number of para-hydroxylation sites is 1. The molecule has 1 aliphatic rings. The Morgan fingerprint density at radius 3 is 2.79 bits per heavy atom. The van der Waals surface area contributed by atoms with Gasteiger partial charge in [-0.25, -0.2) is 0 Å². The number of anilines is 1. The molecule has 0 aliphatic carbocycles. The Morgan fingerprint density at radius 2 is 2.12 bits per heavy atom. The van der Waals surface area contributed by atoms with E-state index in [1.807, 2.05) is 24.3 Å². The molecule has 1 saturated heterocycles. The fraction of sp³-hybridized carbons (Fsp3) is 0.471. The van der Waals surface area contributed by atoms with Crippen LogP contribution in [0.2, 0.25) is 5.02 Å². The zero-order chi connectivity index (χ0) is 17.7. The van der Waals surface area contributed by atoms with Crippen molar-refractivity contribution in [1.29, 1.82) is 5.26 Å². The molecule has 6 nitrogen and oxygen atoms in total. The lowest BCUT2D eigenvalue weighted by Gasteiger charge is -2.25. The number of hydrogen-bond donors (Lipinski definition) is 0. The first-order valence-electron chi connectivity index (χ1n) is 7.82. The van der Waals surface area contributed by atoms with Crippen molar-refractivity contribution in [3.63, 3.8) is 0 Å². The van der Waals surface area contributed by atoms with E-state index in [0.717, 1.165) is 0 Å². The largest absolute Gasteiger partial charge is 0.344 e. The maximum absolute atomic E-state index is 12.7. The maximum atomic E-state index is 12.7. The molecule has 0 bridgehead atoms. The summed E-state index contributed by atoms with van der Waals surface area (Å²) in [5.74, 6) is -0.144. The molecule has 0 radical (unpaired) electrons. The van der Waals surface area contributed by atoms with Gasteiger partial charge in [0.2, 0.25) is 11.8 Å². The van der Waals surface area contributed by atoms with Crippen LogP contribution in [-0.2, 0) is 9.59 Å². The van der Waals surface area contributed by atoms with Crippen molar-refractivity contribution in [2.45, 2.75) is 18.9 Å². The Balaban J connectivity index is 1.98. The summed E-state index contributed by atoms with van der Waals surface area (Å²) in [5, 5.41) is 9.13.